The Balaban J connectivity index is 2.16. The maximum atomic E-state index is 11.5. The van der Waals surface area contributed by atoms with Crippen molar-refractivity contribution in [1.29, 1.82) is 0 Å². The summed E-state index contributed by atoms with van der Waals surface area (Å²) in [5.41, 5.74) is 2.87. The number of benzene rings is 1. The van der Waals surface area contributed by atoms with E-state index in [0.717, 1.165) is 28.3 Å². The number of carbonyl (C=O) groups excluding carboxylic acids is 1. The minimum atomic E-state index is -0.283. The lowest BCUT2D eigenvalue weighted by Crippen LogP contribution is -2.10. The highest BCUT2D eigenvalue weighted by Crippen LogP contribution is 2.27. The minimum Gasteiger partial charge on any atom is -0.469 e. The van der Waals surface area contributed by atoms with Gasteiger partial charge >= 0.3 is 5.97 Å². The van der Waals surface area contributed by atoms with Crippen molar-refractivity contribution in [3.8, 4) is 11.5 Å². The van der Waals surface area contributed by atoms with Crippen molar-refractivity contribution in [1.82, 2.24) is 4.98 Å². The molecule has 0 saturated heterocycles. The van der Waals surface area contributed by atoms with E-state index in [0.29, 0.717) is 0 Å². The Kier molecular flexibility index (Phi) is 4.58. The minimum absolute atomic E-state index is 0.246. The van der Waals surface area contributed by atoms with Crippen LogP contribution in [0.25, 0.3) is 0 Å². The molecule has 0 aliphatic carbocycles. The van der Waals surface area contributed by atoms with Gasteiger partial charge in [0.05, 0.1) is 13.0 Å². The van der Waals surface area contributed by atoms with Gasteiger partial charge in [-0.2, -0.15) is 0 Å². The van der Waals surface area contributed by atoms with E-state index in [2.05, 4.69) is 4.98 Å². The predicted octanol–water partition coefficient (Wildman–Crippen LogP) is 3.77. The summed E-state index contributed by atoms with van der Waals surface area (Å²) in [7, 11) is 1.39. The Morgan fingerprint density at radius 2 is 1.81 bits per heavy atom. The van der Waals surface area contributed by atoms with Gasteiger partial charge in [0.25, 0.3) is 0 Å². The fourth-order valence-electron chi connectivity index (χ4n) is 1.99. The van der Waals surface area contributed by atoms with Crippen LogP contribution in [0.2, 0.25) is 0 Å². The fourth-order valence-corrected chi connectivity index (χ4v) is 1.99. The van der Waals surface area contributed by atoms with Crippen molar-refractivity contribution in [3.05, 3.63) is 53.3 Å². The Labute approximate surface area is 124 Å². The first-order chi connectivity index (χ1) is 10.0. The lowest BCUT2D eigenvalue weighted by atomic mass is 10.0. The fraction of sp³-hybridized carbons (Fsp3) is 0.294. The van der Waals surface area contributed by atoms with Gasteiger partial charge in [0.1, 0.15) is 11.5 Å². The van der Waals surface area contributed by atoms with Crippen molar-refractivity contribution in [2.45, 2.75) is 26.7 Å². The molecule has 0 bridgehead atoms. The van der Waals surface area contributed by atoms with Gasteiger partial charge in [-0.25, -0.2) is 0 Å². The van der Waals surface area contributed by atoms with Crippen LogP contribution < -0.4 is 4.74 Å². The molecular weight excluding hydrogens is 266 g/mol. The second-order valence-corrected chi connectivity index (χ2v) is 4.94. The summed E-state index contributed by atoms with van der Waals surface area (Å²) < 4.78 is 10.6. The zero-order valence-corrected chi connectivity index (χ0v) is 12.7. The normalized spacial score (nSPS) is 11.8. The highest BCUT2D eigenvalue weighted by molar-refractivity contribution is 5.77. The number of ether oxygens (including phenoxy) is 2. The molecule has 21 heavy (non-hydrogen) atoms. The van der Waals surface area contributed by atoms with Gasteiger partial charge in [0.2, 0.25) is 0 Å². The van der Waals surface area contributed by atoms with Crippen LogP contribution in [0.5, 0.6) is 11.5 Å². The van der Waals surface area contributed by atoms with Gasteiger partial charge in [0.15, 0.2) is 0 Å². The number of rotatable bonds is 4. The highest BCUT2D eigenvalue weighted by Gasteiger charge is 2.15. The van der Waals surface area contributed by atoms with E-state index >= 15 is 0 Å². The summed E-state index contributed by atoms with van der Waals surface area (Å²) in [5, 5.41) is 0. The summed E-state index contributed by atoms with van der Waals surface area (Å²) >= 11 is 0. The topological polar surface area (TPSA) is 48.4 Å². The molecule has 0 aliphatic rings. The van der Waals surface area contributed by atoms with Gasteiger partial charge in [-0.1, -0.05) is 12.1 Å². The molecule has 4 nitrogen and oxygen atoms in total. The van der Waals surface area contributed by atoms with Gasteiger partial charge in [-0.05, 0) is 44.5 Å². The molecule has 0 saturated carbocycles. The number of hydrogen-bond acceptors (Lipinski definition) is 4. The van der Waals surface area contributed by atoms with Crippen molar-refractivity contribution < 1.29 is 14.3 Å². The number of methoxy groups -OCH3 is 1. The molecule has 0 N–H and O–H groups in total. The smallest absolute Gasteiger partial charge is 0.312 e. The van der Waals surface area contributed by atoms with E-state index in [4.69, 9.17) is 9.47 Å². The van der Waals surface area contributed by atoms with E-state index in [1.165, 1.54) is 7.11 Å². The Hall–Kier alpha value is -2.36. The van der Waals surface area contributed by atoms with Crippen molar-refractivity contribution >= 4 is 5.97 Å². The van der Waals surface area contributed by atoms with E-state index in [9.17, 15) is 4.79 Å². The van der Waals surface area contributed by atoms with Crippen LogP contribution in [0.4, 0.5) is 0 Å². The molecule has 1 aromatic heterocycles. The average molecular weight is 285 g/mol. The maximum absolute atomic E-state index is 11.5. The first kappa shape index (κ1) is 15.0. The lowest BCUT2D eigenvalue weighted by molar-refractivity contribution is -0.141. The third-order valence-corrected chi connectivity index (χ3v) is 3.57. The van der Waals surface area contributed by atoms with Crippen LogP contribution >= 0.6 is 0 Å². The zero-order chi connectivity index (χ0) is 15.4. The first-order valence-electron chi connectivity index (χ1n) is 6.80. The second kappa shape index (κ2) is 6.39. The molecule has 1 heterocycles. The average Bonchev–Trinajstić information content (AvgIpc) is 2.51. The van der Waals surface area contributed by atoms with Gasteiger partial charge in [0, 0.05) is 17.5 Å². The van der Waals surface area contributed by atoms with E-state index in [-0.39, 0.29) is 11.9 Å². The molecule has 2 aromatic rings. The third kappa shape index (κ3) is 3.40. The molecular formula is C17H19NO3. The molecule has 2 rings (SSSR count). The number of esters is 1. The summed E-state index contributed by atoms with van der Waals surface area (Å²) in [6, 6.07) is 9.29. The number of carbonyl (C=O) groups is 1. The standard InChI is InChI=1S/C17H19NO3/c1-11-13(3)18-10-9-16(11)21-15-7-5-14(6-8-15)12(2)17(19)20-4/h5-10,12H,1-4H3. The molecule has 0 spiro atoms. The predicted molar refractivity (Wildman–Crippen MR) is 80.7 cm³/mol. The van der Waals surface area contributed by atoms with Crippen LogP contribution in [-0.2, 0) is 9.53 Å². The number of nitrogens with zero attached hydrogens (tertiary/aromatic N) is 1. The molecule has 110 valence electrons. The first-order valence-corrected chi connectivity index (χ1v) is 6.80. The summed E-state index contributed by atoms with van der Waals surface area (Å²) in [4.78, 5) is 15.7. The van der Waals surface area contributed by atoms with Crippen molar-refractivity contribution in [2.24, 2.45) is 0 Å². The van der Waals surface area contributed by atoms with Crippen LogP contribution in [0.1, 0.15) is 29.7 Å². The molecule has 0 radical (unpaired) electrons. The quantitative estimate of drug-likeness (QED) is 0.802. The van der Waals surface area contributed by atoms with Crippen LogP contribution in [0, 0.1) is 13.8 Å². The van der Waals surface area contributed by atoms with Gasteiger partial charge < -0.3 is 9.47 Å². The Morgan fingerprint density at radius 1 is 1.14 bits per heavy atom. The third-order valence-electron chi connectivity index (χ3n) is 3.57. The molecule has 1 unspecified atom stereocenters. The molecule has 1 atom stereocenters. The Morgan fingerprint density at radius 3 is 2.43 bits per heavy atom. The van der Waals surface area contributed by atoms with E-state index in [1.807, 2.05) is 51.1 Å². The number of pyridine rings is 1. The largest absolute Gasteiger partial charge is 0.469 e. The number of hydrogen-bond donors (Lipinski definition) is 0. The lowest BCUT2D eigenvalue weighted by Gasteiger charge is -2.12. The van der Waals surface area contributed by atoms with E-state index in [1.54, 1.807) is 6.20 Å². The van der Waals surface area contributed by atoms with Crippen LogP contribution in [-0.4, -0.2) is 18.1 Å². The van der Waals surface area contributed by atoms with Crippen LogP contribution in [0.15, 0.2) is 36.5 Å². The molecule has 0 aliphatic heterocycles. The van der Waals surface area contributed by atoms with Crippen molar-refractivity contribution in [3.63, 3.8) is 0 Å². The molecule has 4 heteroatoms. The number of aromatic nitrogens is 1. The zero-order valence-electron chi connectivity index (χ0n) is 12.7. The Bertz CT molecular complexity index is 635. The molecule has 1 aromatic carbocycles. The number of aryl methyl sites for hydroxylation is 1. The SMILES string of the molecule is COC(=O)C(C)c1ccc(Oc2ccnc(C)c2C)cc1. The highest BCUT2D eigenvalue weighted by atomic mass is 16.5. The van der Waals surface area contributed by atoms with Gasteiger partial charge in [-0.15, -0.1) is 0 Å². The van der Waals surface area contributed by atoms with Gasteiger partial charge in [-0.3, -0.25) is 9.78 Å². The maximum Gasteiger partial charge on any atom is 0.312 e. The summed E-state index contributed by atoms with van der Waals surface area (Å²) in [5.74, 6) is 0.985. The van der Waals surface area contributed by atoms with E-state index < -0.39 is 0 Å². The summed E-state index contributed by atoms with van der Waals surface area (Å²) in [6.45, 7) is 5.74. The molecule has 0 amide bonds. The monoisotopic (exact) mass is 285 g/mol. The van der Waals surface area contributed by atoms with Crippen molar-refractivity contribution in [2.75, 3.05) is 7.11 Å². The summed E-state index contributed by atoms with van der Waals surface area (Å²) in [6.07, 6.45) is 1.73. The van der Waals surface area contributed by atoms with Crippen LogP contribution in [0.3, 0.4) is 0 Å². The molecule has 0 fully saturated rings. The second-order valence-electron chi connectivity index (χ2n) is 4.94.